The number of allylic oxidation sites excluding steroid dienone is 1. The van der Waals surface area contributed by atoms with E-state index in [1.807, 2.05) is 54.6 Å². The van der Waals surface area contributed by atoms with E-state index >= 15 is 0 Å². The second-order valence-corrected chi connectivity index (χ2v) is 8.40. The van der Waals surface area contributed by atoms with Gasteiger partial charge in [0, 0.05) is 13.1 Å². The molecule has 4 atom stereocenters. The van der Waals surface area contributed by atoms with Gasteiger partial charge in [-0.05, 0) is 50.2 Å². The fourth-order valence-corrected chi connectivity index (χ4v) is 4.89. The maximum Gasteiger partial charge on any atom is 0.309 e. The number of hydrogen-bond donors (Lipinski definition) is 0. The molecule has 30 heavy (non-hydrogen) atoms. The molecule has 1 fully saturated rings. The van der Waals surface area contributed by atoms with E-state index in [1.54, 1.807) is 6.20 Å². The fraction of sp³-hybridized carbons (Fsp3) is 0.458. The van der Waals surface area contributed by atoms with Gasteiger partial charge >= 0.3 is 5.97 Å². The molecular formula is C24H29N3O3. The Morgan fingerprint density at radius 2 is 1.93 bits per heavy atom. The molecule has 1 aliphatic carbocycles. The van der Waals surface area contributed by atoms with Gasteiger partial charge in [-0.1, -0.05) is 37.3 Å². The van der Waals surface area contributed by atoms with Crippen LogP contribution in [0, 0.1) is 37.5 Å². The van der Waals surface area contributed by atoms with Crippen LogP contribution in [0.1, 0.15) is 35.5 Å². The number of fused-ring (bicyclic) bond motifs is 1. The SMILES string of the molecule is CCOC(=O)[C@@H]1[C@H]2CN(C(=O)c3cnn(-c4ccccc4C)c3C)C[C@@H]2C=C[C@@H]1C. The van der Waals surface area contributed by atoms with E-state index in [1.165, 1.54) is 0 Å². The van der Waals surface area contributed by atoms with Gasteiger partial charge in [0.1, 0.15) is 0 Å². The number of hydrogen-bond acceptors (Lipinski definition) is 4. The standard InChI is InChI=1S/C24H29N3O3/c1-5-30-24(29)22-16(3)10-11-18-13-26(14-20(18)22)23(28)19-12-25-27(17(19)4)21-9-7-6-8-15(21)2/h6-12,16,18,20,22H,5,13-14H2,1-4H3/t16-,18-,20-,22-/m0/s1. The number of aromatic nitrogens is 2. The smallest absolute Gasteiger partial charge is 0.309 e. The molecular weight excluding hydrogens is 378 g/mol. The summed E-state index contributed by atoms with van der Waals surface area (Å²) in [6.07, 6.45) is 5.92. The first kappa shape index (κ1) is 20.4. The van der Waals surface area contributed by atoms with Gasteiger partial charge in [-0.3, -0.25) is 9.59 Å². The maximum atomic E-state index is 13.4. The van der Waals surface area contributed by atoms with E-state index in [-0.39, 0.29) is 35.5 Å². The molecule has 6 heteroatoms. The van der Waals surface area contributed by atoms with Gasteiger partial charge in [0.15, 0.2) is 0 Å². The number of amides is 1. The summed E-state index contributed by atoms with van der Waals surface area (Å²) in [5.74, 6) is 0.0259. The summed E-state index contributed by atoms with van der Waals surface area (Å²) in [6, 6.07) is 8.00. The summed E-state index contributed by atoms with van der Waals surface area (Å²) in [7, 11) is 0. The Labute approximate surface area is 177 Å². The number of ether oxygens (including phenoxy) is 1. The second kappa shape index (κ2) is 8.09. The summed E-state index contributed by atoms with van der Waals surface area (Å²) in [5, 5.41) is 4.49. The minimum absolute atomic E-state index is 0.0228. The molecule has 0 saturated carbocycles. The molecule has 1 aliphatic heterocycles. The lowest BCUT2D eigenvalue weighted by molar-refractivity contribution is -0.152. The van der Waals surface area contributed by atoms with Crippen molar-refractivity contribution in [2.45, 2.75) is 27.7 Å². The van der Waals surface area contributed by atoms with Crippen molar-refractivity contribution in [3.63, 3.8) is 0 Å². The normalized spacial score (nSPS) is 25.3. The van der Waals surface area contributed by atoms with Gasteiger partial charge < -0.3 is 9.64 Å². The molecule has 1 amide bonds. The van der Waals surface area contributed by atoms with Gasteiger partial charge in [-0.25, -0.2) is 4.68 Å². The number of nitrogens with zero attached hydrogens (tertiary/aromatic N) is 3. The molecule has 4 rings (SSSR count). The molecule has 1 aromatic carbocycles. The number of aryl methyl sites for hydroxylation is 1. The molecule has 2 heterocycles. The van der Waals surface area contributed by atoms with Gasteiger partial charge in [0.05, 0.1) is 35.7 Å². The monoisotopic (exact) mass is 407 g/mol. The van der Waals surface area contributed by atoms with E-state index < -0.39 is 0 Å². The molecule has 1 saturated heterocycles. The quantitative estimate of drug-likeness (QED) is 0.574. The van der Waals surface area contributed by atoms with Crippen molar-refractivity contribution in [1.82, 2.24) is 14.7 Å². The van der Waals surface area contributed by atoms with Crippen LogP contribution in [0.15, 0.2) is 42.6 Å². The van der Waals surface area contributed by atoms with Crippen LogP contribution in [0.5, 0.6) is 0 Å². The first-order chi connectivity index (χ1) is 14.4. The van der Waals surface area contributed by atoms with Gasteiger partial charge in [0.2, 0.25) is 0 Å². The molecule has 0 unspecified atom stereocenters. The summed E-state index contributed by atoms with van der Waals surface area (Å²) in [6.45, 7) is 9.41. The lowest BCUT2D eigenvalue weighted by atomic mass is 9.72. The van der Waals surface area contributed by atoms with Crippen LogP contribution in [0.4, 0.5) is 0 Å². The van der Waals surface area contributed by atoms with Crippen molar-refractivity contribution in [2.75, 3.05) is 19.7 Å². The molecule has 2 aromatic rings. The Kier molecular flexibility index (Phi) is 5.50. The first-order valence-electron chi connectivity index (χ1n) is 10.7. The van der Waals surface area contributed by atoms with Crippen LogP contribution in [0.2, 0.25) is 0 Å². The van der Waals surface area contributed by atoms with Gasteiger partial charge in [-0.15, -0.1) is 0 Å². The van der Waals surface area contributed by atoms with Crippen LogP contribution in [0.3, 0.4) is 0 Å². The van der Waals surface area contributed by atoms with Crippen LogP contribution in [0.25, 0.3) is 5.69 Å². The van der Waals surface area contributed by atoms with Crippen LogP contribution < -0.4 is 0 Å². The number of carbonyl (C=O) groups excluding carboxylic acids is 2. The average Bonchev–Trinajstić information content (AvgIpc) is 3.31. The third kappa shape index (κ3) is 3.44. The Morgan fingerprint density at radius 1 is 1.17 bits per heavy atom. The van der Waals surface area contributed by atoms with E-state index in [0.717, 1.165) is 16.9 Å². The van der Waals surface area contributed by atoms with Crippen molar-refractivity contribution in [1.29, 1.82) is 0 Å². The molecule has 0 radical (unpaired) electrons. The summed E-state index contributed by atoms with van der Waals surface area (Å²) in [5.41, 5.74) is 3.52. The molecule has 1 aromatic heterocycles. The van der Waals surface area contributed by atoms with Crippen LogP contribution >= 0.6 is 0 Å². The molecule has 158 valence electrons. The third-order valence-electron chi connectivity index (χ3n) is 6.53. The van der Waals surface area contributed by atoms with Crippen molar-refractivity contribution in [3.05, 3.63) is 59.4 Å². The van der Waals surface area contributed by atoms with Crippen molar-refractivity contribution in [3.8, 4) is 5.69 Å². The van der Waals surface area contributed by atoms with Crippen molar-refractivity contribution in [2.24, 2.45) is 23.7 Å². The minimum atomic E-state index is -0.200. The highest BCUT2D eigenvalue weighted by Crippen LogP contribution is 2.40. The number of rotatable bonds is 4. The van der Waals surface area contributed by atoms with Crippen molar-refractivity contribution >= 4 is 11.9 Å². The zero-order valence-corrected chi connectivity index (χ0v) is 18.0. The van der Waals surface area contributed by atoms with Crippen LogP contribution in [-0.2, 0) is 9.53 Å². The topological polar surface area (TPSA) is 64.4 Å². The Hall–Kier alpha value is -2.89. The molecule has 2 aliphatic rings. The maximum absolute atomic E-state index is 13.4. The predicted octanol–water partition coefficient (Wildman–Crippen LogP) is 3.56. The van der Waals surface area contributed by atoms with Gasteiger partial charge in [-0.2, -0.15) is 5.10 Å². The lowest BCUT2D eigenvalue weighted by Crippen LogP contribution is -2.37. The summed E-state index contributed by atoms with van der Waals surface area (Å²) >= 11 is 0. The van der Waals surface area contributed by atoms with Gasteiger partial charge in [0.25, 0.3) is 5.91 Å². The summed E-state index contributed by atoms with van der Waals surface area (Å²) in [4.78, 5) is 27.8. The summed E-state index contributed by atoms with van der Waals surface area (Å²) < 4.78 is 7.16. The third-order valence-corrected chi connectivity index (χ3v) is 6.53. The van der Waals surface area contributed by atoms with Crippen LogP contribution in [-0.4, -0.2) is 46.3 Å². The zero-order valence-electron chi connectivity index (χ0n) is 18.0. The van der Waals surface area contributed by atoms with E-state index in [2.05, 4.69) is 24.2 Å². The molecule has 0 bridgehead atoms. The largest absolute Gasteiger partial charge is 0.466 e. The minimum Gasteiger partial charge on any atom is -0.466 e. The van der Waals surface area contributed by atoms with E-state index in [9.17, 15) is 9.59 Å². The fourth-order valence-electron chi connectivity index (χ4n) is 4.89. The number of likely N-dealkylation sites (tertiary alicyclic amines) is 1. The zero-order chi connectivity index (χ0) is 21.4. The first-order valence-corrected chi connectivity index (χ1v) is 10.7. The molecule has 0 N–H and O–H groups in total. The average molecular weight is 408 g/mol. The number of esters is 1. The Morgan fingerprint density at radius 3 is 2.67 bits per heavy atom. The highest BCUT2D eigenvalue weighted by molar-refractivity contribution is 5.95. The Bertz CT molecular complexity index is 993. The van der Waals surface area contributed by atoms with E-state index in [4.69, 9.17) is 4.74 Å². The second-order valence-electron chi connectivity index (χ2n) is 8.40. The number of benzene rings is 1. The van der Waals surface area contributed by atoms with Crippen molar-refractivity contribution < 1.29 is 14.3 Å². The number of para-hydroxylation sites is 1. The molecule has 0 spiro atoms. The number of carbonyl (C=O) groups is 2. The van der Waals surface area contributed by atoms with E-state index in [0.29, 0.717) is 25.3 Å². The highest BCUT2D eigenvalue weighted by Gasteiger charge is 2.46. The molecule has 6 nitrogen and oxygen atoms in total. The predicted molar refractivity (Wildman–Crippen MR) is 114 cm³/mol. The Balaban J connectivity index is 1.57. The lowest BCUT2D eigenvalue weighted by Gasteiger charge is -2.31. The highest BCUT2D eigenvalue weighted by atomic mass is 16.5.